The summed E-state index contributed by atoms with van der Waals surface area (Å²) in [4.78, 5) is 14.0. The SMILES string of the molecule is CCCC1(N)CN(CC(=O)Nc2cccc(OC)c2)C1. The monoisotopic (exact) mass is 277 g/mol. The van der Waals surface area contributed by atoms with Gasteiger partial charge in [-0.05, 0) is 18.6 Å². The molecule has 3 N–H and O–H groups in total. The molecule has 0 bridgehead atoms. The number of hydrogen-bond acceptors (Lipinski definition) is 4. The maximum Gasteiger partial charge on any atom is 0.238 e. The first-order valence-corrected chi connectivity index (χ1v) is 7.00. The Labute approximate surface area is 120 Å². The molecule has 5 heteroatoms. The van der Waals surface area contributed by atoms with E-state index >= 15 is 0 Å². The lowest BCUT2D eigenvalue weighted by Crippen LogP contribution is -2.68. The summed E-state index contributed by atoms with van der Waals surface area (Å²) in [5, 5.41) is 2.87. The number of nitrogens with two attached hydrogens (primary N) is 1. The molecule has 0 aromatic heterocycles. The van der Waals surface area contributed by atoms with Crippen molar-refractivity contribution in [1.82, 2.24) is 4.90 Å². The molecule has 2 rings (SSSR count). The standard InChI is InChI=1S/C15H23N3O2/c1-3-7-15(16)10-18(11-15)9-14(19)17-12-5-4-6-13(8-12)20-2/h4-6,8H,3,7,9-11,16H2,1-2H3,(H,17,19). The van der Waals surface area contributed by atoms with E-state index in [0.29, 0.717) is 6.54 Å². The number of nitrogens with one attached hydrogen (secondary N) is 1. The Bertz CT molecular complexity index is 470. The summed E-state index contributed by atoms with van der Waals surface area (Å²) < 4.78 is 5.13. The van der Waals surface area contributed by atoms with Gasteiger partial charge in [-0.15, -0.1) is 0 Å². The van der Waals surface area contributed by atoms with Crippen LogP contribution in [-0.2, 0) is 4.79 Å². The molecule has 0 spiro atoms. The van der Waals surface area contributed by atoms with Crippen LogP contribution in [0.3, 0.4) is 0 Å². The largest absolute Gasteiger partial charge is 0.497 e. The Morgan fingerprint density at radius 2 is 2.25 bits per heavy atom. The number of ether oxygens (including phenoxy) is 1. The zero-order valence-corrected chi connectivity index (χ0v) is 12.2. The minimum absolute atomic E-state index is 0.0169. The van der Waals surface area contributed by atoms with Crippen molar-refractivity contribution in [3.8, 4) is 5.75 Å². The molecular formula is C15H23N3O2. The van der Waals surface area contributed by atoms with Crippen molar-refractivity contribution in [3.63, 3.8) is 0 Å². The Balaban J connectivity index is 1.79. The molecule has 1 heterocycles. The lowest BCUT2D eigenvalue weighted by molar-refractivity contribution is -0.119. The molecule has 1 fully saturated rings. The van der Waals surface area contributed by atoms with Gasteiger partial charge >= 0.3 is 0 Å². The predicted molar refractivity (Wildman–Crippen MR) is 79.9 cm³/mol. The number of rotatable bonds is 6. The molecule has 0 unspecified atom stereocenters. The van der Waals surface area contributed by atoms with Crippen LogP contribution in [0.15, 0.2) is 24.3 Å². The molecule has 20 heavy (non-hydrogen) atoms. The van der Waals surface area contributed by atoms with Gasteiger partial charge in [-0.25, -0.2) is 0 Å². The fourth-order valence-corrected chi connectivity index (χ4v) is 2.72. The van der Waals surface area contributed by atoms with Crippen LogP contribution in [0, 0.1) is 0 Å². The van der Waals surface area contributed by atoms with Crippen molar-refractivity contribution in [2.45, 2.75) is 25.3 Å². The van der Waals surface area contributed by atoms with E-state index in [1.165, 1.54) is 0 Å². The number of carbonyl (C=O) groups is 1. The number of carbonyl (C=O) groups excluding carboxylic acids is 1. The average Bonchev–Trinajstić information content (AvgIpc) is 2.37. The summed E-state index contributed by atoms with van der Waals surface area (Å²) in [7, 11) is 1.61. The van der Waals surface area contributed by atoms with E-state index in [2.05, 4.69) is 17.1 Å². The lowest BCUT2D eigenvalue weighted by Gasteiger charge is -2.47. The highest BCUT2D eigenvalue weighted by molar-refractivity contribution is 5.92. The van der Waals surface area contributed by atoms with Gasteiger partial charge in [0, 0.05) is 30.4 Å². The number of hydrogen-bond donors (Lipinski definition) is 2. The second-order valence-electron chi connectivity index (χ2n) is 5.54. The van der Waals surface area contributed by atoms with Gasteiger partial charge in [0.2, 0.25) is 5.91 Å². The van der Waals surface area contributed by atoms with Crippen LogP contribution in [0.2, 0.25) is 0 Å². The number of anilines is 1. The van der Waals surface area contributed by atoms with Gasteiger partial charge < -0.3 is 15.8 Å². The topological polar surface area (TPSA) is 67.6 Å². The smallest absolute Gasteiger partial charge is 0.238 e. The molecule has 0 radical (unpaired) electrons. The van der Waals surface area contributed by atoms with Crippen molar-refractivity contribution >= 4 is 11.6 Å². The van der Waals surface area contributed by atoms with Crippen molar-refractivity contribution < 1.29 is 9.53 Å². The number of methoxy groups -OCH3 is 1. The van der Waals surface area contributed by atoms with Gasteiger partial charge in [-0.2, -0.15) is 0 Å². The highest BCUT2D eigenvalue weighted by Gasteiger charge is 2.38. The first-order valence-electron chi connectivity index (χ1n) is 7.00. The second-order valence-corrected chi connectivity index (χ2v) is 5.54. The summed E-state index contributed by atoms with van der Waals surface area (Å²) in [6.45, 7) is 4.12. The molecular weight excluding hydrogens is 254 g/mol. The molecule has 0 saturated carbocycles. The summed E-state index contributed by atoms with van der Waals surface area (Å²) in [5.74, 6) is 0.715. The minimum Gasteiger partial charge on any atom is -0.497 e. The first kappa shape index (κ1) is 14.8. The molecule has 1 amide bonds. The quantitative estimate of drug-likeness (QED) is 0.826. The van der Waals surface area contributed by atoms with Crippen LogP contribution < -0.4 is 15.8 Å². The number of nitrogens with zero attached hydrogens (tertiary/aromatic N) is 1. The summed E-state index contributed by atoms with van der Waals surface area (Å²) in [5.41, 5.74) is 6.84. The van der Waals surface area contributed by atoms with Gasteiger partial charge in [0.1, 0.15) is 5.75 Å². The maximum atomic E-state index is 11.9. The van der Waals surface area contributed by atoms with Crippen molar-refractivity contribution in [2.24, 2.45) is 5.73 Å². The molecule has 110 valence electrons. The molecule has 1 aliphatic rings. The fraction of sp³-hybridized carbons (Fsp3) is 0.533. The van der Waals surface area contributed by atoms with E-state index in [4.69, 9.17) is 10.5 Å². The van der Waals surface area contributed by atoms with Gasteiger partial charge in [-0.3, -0.25) is 9.69 Å². The zero-order chi connectivity index (χ0) is 14.6. The molecule has 1 saturated heterocycles. The van der Waals surface area contributed by atoms with E-state index in [1.807, 2.05) is 18.2 Å². The highest BCUT2D eigenvalue weighted by atomic mass is 16.5. The van der Waals surface area contributed by atoms with Crippen LogP contribution in [0.1, 0.15) is 19.8 Å². The van der Waals surface area contributed by atoms with E-state index in [1.54, 1.807) is 13.2 Å². The lowest BCUT2D eigenvalue weighted by atomic mass is 9.86. The Morgan fingerprint density at radius 3 is 2.90 bits per heavy atom. The van der Waals surface area contributed by atoms with E-state index in [0.717, 1.165) is 37.4 Å². The van der Waals surface area contributed by atoms with Crippen LogP contribution in [0.25, 0.3) is 0 Å². The third kappa shape index (κ3) is 3.71. The average molecular weight is 277 g/mol. The van der Waals surface area contributed by atoms with Crippen LogP contribution in [0.4, 0.5) is 5.69 Å². The van der Waals surface area contributed by atoms with Crippen LogP contribution >= 0.6 is 0 Å². The molecule has 1 aliphatic heterocycles. The summed E-state index contributed by atoms with van der Waals surface area (Å²) >= 11 is 0. The summed E-state index contributed by atoms with van der Waals surface area (Å²) in [6, 6.07) is 7.35. The molecule has 5 nitrogen and oxygen atoms in total. The second kappa shape index (κ2) is 6.24. The molecule has 0 aliphatic carbocycles. The molecule has 1 aromatic rings. The van der Waals surface area contributed by atoms with E-state index in [9.17, 15) is 4.79 Å². The van der Waals surface area contributed by atoms with Crippen molar-refractivity contribution in [2.75, 3.05) is 32.1 Å². The van der Waals surface area contributed by atoms with Gasteiger partial charge in [-0.1, -0.05) is 19.4 Å². The third-order valence-electron chi connectivity index (χ3n) is 3.55. The van der Waals surface area contributed by atoms with Crippen molar-refractivity contribution in [3.05, 3.63) is 24.3 Å². The van der Waals surface area contributed by atoms with E-state index in [-0.39, 0.29) is 11.4 Å². The summed E-state index contributed by atoms with van der Waals surface area (Å²) in [6.07, 6.45) is 2.10. The molecule has 1 aromatic carbocycles. The number of benzene rings is 1. The predicted octanol–water partition coefficient (Wildman–Crippen LogP) is 1.45. The fourth-order valence-electron chi connectivity index (χ4n) is 2.72. The Morgan fingerprint density at radius 1 is 1.50 bits per heavy atom. The normalized spacial score (nSPS) is 17.4. The Kier molecular flexibility index (Phi) is 4.62. The van der Waals surface area contributed by atoms with Crippen LogP contribution in [-0.4, -0.2) is 43.1 Å². The van der Waals surface area contributed by atoms with Crippen molar-refractivity contribution in [1.29, 1.82) is 0 Å². The number of likely N-dealkylation sites (tertiary alicyclic amines) is 1. The molecule has 0 atom stereocenters. The first-order chi connectivity index (χ1) is 9.54. The van der Waals surface area contributed by atoms with Gasteiger partial charge in [0.05, 0.1) is 13.7 Å². The van der Waals surface area contributed by atoms with Crippen LogP contribution in [0.5, 0.6) is 5.75 Å². The Hall–Kier alpha value is -1.59. The zero-order valence-electron chi connectivity index (χ0n) is 12.2. The number of amides is 1. The highest BCUT2D eigenvalue weighted by Crippen LogP contribution is 2.23. The van der Waals surface area contributed by atoms with Gasteiger partial charge in [0.15, 0.2) is 0 Å². The van der Waals surface area contributed by atoms with E-state index < -0.39 is 0 Å². The minimum atomic E-state index is -0.0923. The third-order valence-corrected chi connectivity index (χ3v) is 3.55. The maximum absolute atomic E-state index is 11.9. The van der Waals surface area contributed by atoms with Gasteiger partial charge in [0.25, 0.3) is 0 Å².